The molecule has 4 aromatic heterocycles. The highest BCUT2D eigenvalue weighted by Gasteiger charge is 2.16. The molecular weight excluding hydrogens is 428 g/mol. The van der Waals surface area contributed by atoms with Crippen LogP contribution in [-0.2, 0) is 6.73 Å². The van der Waals surface area contributed by atoms with Crippen molar-refractivity contribution >= 4 is 28.3 Å². The number of hydrogen-bond acceptors (Lipinski definition) is 6. The van der Waals surface area contributed by atoms with E-state index >= 15 is 0 Å². The van der Waals surface area contributed by atoms with Crippen LogP contribution in [-0.4, -0.2) is 39.1 Å². The van der Waals surface area contributed by atoms with Crippen molar-refractivity contribution in [2.75, 3.05) is 0 Å². The van der Waals surface area contributed by atoms with Gasteiger partial charge in [0.1, 0.15) is 17.8 Å². The zero-order valence-electron chi connectivity index (χ0n) is 16.6. The summed E-state index contributed by atoms with van der Waals surface area (Å²) in [6.45, 7) is 0.207. The lowest BCUT2D eigenvalue weighted by molar-refractivity contribution is 0.223. The average molecular weight is 443 g/mol. The Kier molecular flexibility index (Phi) is 4.32. The predicted octanol–water partition coefficient (Wildman–Crippen LogP) is 4.02. The maximum Gasteiger partial charge on any atom is 0.200 e. The number of benzene rings is 2. The first-order chi connectivity index (χ1) is 15.8. The molecule has 0 aliphatic heterocycles. The molecule has 0 spiro atoms. The lowest BCUT2D eigenvalue weighted by Gasteiger charge is -2.08. The Morgan fingerprint density at radius 2 is 1.75 bits per heavy atom. The van der Waals surface area contributed by atoms with E-state index in [2.05, 4.69) is 20.3 Å². The summed E-state index contributed by atoms with van der Waals surface area (Å²) in [5, 5.41) is 14.9. The molecule has 10 heteroatoms. The quantitative estimate of drug-likeness (QED) is 0.400. The third kappa shape index (κ3) is 3.15. The normalized spacial score (nSPS) is 11.4. The molecule has 2 aromatic carbocycles. The third-order valence-corrected chi connectivity index (χ3v) is 5.27. The van der Waals surface area contributed by atoms with E-state index < -0.39 is 0 Å². The number of nitrogens with zero attached hydrogens (tertiary/aromatic N) is 8. The van der Waals surface area contributed by atoms with Crippen LogP contribution >= 0.6 is 11.6 Å². The van der Waals surface area contributed by atoms with Crippen LogP contribution in [0, 0.1) is 0 Å². The maximum atomic E-state index is 5.93. The Morgan fingerprint density at radius 3 is 2.59 bits per heavy atom. The molecule has 0 radical (unpaired) electrons. The smallest absolute Gasteiger partial charge is 0.200 e. The molecule has 0 N–H and O–H groups in total. The third-order valence-electron chi connectivity index (χ3n) is 5.02. The summed E-state index contributed by atoms with van der Waals surface area (Å²) in [7, 11) is 0. The highest BCUT2D eigenvalue weighted by Crippen LogP contribution is 2.23. The predicted molar refractivity (Wildman–Crippen MR) is 119 cm³/mol. The van der Waals surface area contributed by atoms with Gasteiger partial charge in [-0.1, -0.05) is 29.8 Å². The van der Waals surface area contributed by atoms with Crippen molar-refractivity contribution in [1.82, 2.24) is 39.1 Å². The molecule has 0 atom stereocenters. The minimum atomic E-state index is 0.207. The number of halogens is 1. The van der Waals surface area contributed by atoms with Gasteiger partial charge in [-0.15, -0.1) is 5.10 Å². The summed E-state index contributed by atoms with van der Waals surface area (Å²) in [6, 6.07) is 18.9. The Balaban J connectivity index is 1.36. The zero-order valence-corrected chi connectivity index (χ0v) is 17.3. The Hall–Kier alpha value is -4.24. The fourth-order valence-electron chi connectivity index (χ4n) is 3.48. The second kappa shape index (κ2) is 7.47. The molecule has 0 fully saturated rings. The largest absolute Gasteiger partial charge is 0.471 e. The van der Waals surface area contributed by atoms with Crippen LogP contribution in [0.1, 0.15) is 0 Å². The Labute approximate surface area is 186 Å². The number of rotatable bonds is 5. The van der Waals surface area contributed by atoms with E-state index in [-0.39, 0.29) is 6.73 Å². The van der Waals surface area contributed by atoms with Crippen LogP contribution in [0.5, 0.6) is 5.75 Å². The van der Waals surface area contributed by atoms with Crippen molar-refractivity contribution in [3.63, 3.8) is 0 Å². The zero-order chi connectivity index (χ0) is 21.5. The summed E-state index contributed by atoms with van der Waals surface area (Å²) in [5.74, 6) is 1.21. The second-order valence-electron chi connectivity index (χ2n) is 7.02. The first kappa shape index (κ1) is 18.5. The highest BCUT2D eigenvalue weighted by molar-refractivity contribution is 6.30. The van der Waals surface area contributed by atoms with Gasteiger partial charge in [0, 0.05) is 11.2 Å². The molecule has 0 aliphatic carbocycles. The maximum absolute atomic E-state index is 5.93. The SMILES string of the molecule is Clc1ccc(OCn2nccc2-c2nc3c4cnn(-c5ccccc5)c4ncn3n2)cc1. The number of aromatic nitrogens is 8. The van der Waals surface area contributed by atoms with Crippen LogP contribution in [0.15, 0.2) is 79.4 Å². The van der Waals surface area contributed by atoms with E-state index in [0.29, 0.717) is 27.9 Å². The van der Waals surface area contributed by atoms with Gasteiger partial charge in [0.2, 0.25) is 5.82 Å². The van der Waals surface area contributed by atoms with Crippen molar-refractivity contribution < 1.29 is 4.74 Å². The number of ether oxygens (including phenoxy) is 1. The molecule has 0 amide bonds. The Morgan fingerprint density at radius 1 is 0.906 bits per heavy atom. The molecular formula is C22H15ClN8O. The molecule has 0 saturated heterocycles. The first-order valence-corrected chi connectivity index (χ1v) is 10.2. The fourth-order valence-corrected chi connectivity index (χ4v) is 3.61. The molecule has 32 heavy (non-hydrogen) atoms. The van der Waals surface area contributed by atoms with Crippen molar-refractivity contribution in [3.05, 3.63) is 84.4 Å². The second-order valence-corrected chi connectivity index (χ2v) is 7.46. The molecule has 156 valence electrons. The minimum absolute atomic E-state index is 0.207. The van der Waals surface area contributed by atoms with Gasteiger partial charge in [0.25, 0.3) is 0 Å². The van der Waals surface area contributed by atoms with Crippen LogP contribution < -0.4 is 4.74 Å². The minimum Gasteiger partial charge on any atom is -0.471 e. The van der Waals surface area contributed by atoms with Gasteiger partial charge in [-0.3, -0.25) is 0 Å². The molecule has 0 unspecified atom stereocenters. The van der Waals surface area contributed by atoms with E-state index in [4.69, 9.17) is 21.3 Å². The highest BCUT2D eigenvalue weighted by atomic mass is 35.5. The standard InChI is InChI=1S/C22H15ClN8O/c23-15-6-8-17(9-7-15)32-14-30-19(10-11-25-30)20-27-22-18-12-26-31(16-4-2-1-3-5-16)21(18)24-13-29(22)28-20/h1-13H,14H2. The first-order valence-electron chi connectivity index (χ1n) is 9.81. The summed E-state index contributed by atoms with van der Waals surface area (Å²) in [4.78, 5) is 9.29. The molecule has 6 aromatic rings. The number of hydrogen-bond donors (Lipinski definition) is 0. The van der Waals surface area contributed by atoms with Gasteiger partial charge in [-0.05, 0) is 42.5 Å². The Bertz CT molecular complexity index is 1540. The van der Waals surface area contributed by atoms with E-state index in [1.54, 1.807) is 44.7 Å². The van der Waals surface area contributed by atoms with Gasteiger partial charge in [-0.2, -0.15) is 10.2 Å². The van der Waals surface area contributed by atoms with Gasteiger partial charge in [-0.25, -0.2) is 23.8 Å². The number of fused-ring (bicyclic) bond motifs is 3. The van der Waals surface area contributed by atoms with E-state index in [1.165, 1.54) is 0 Å². The van der Waals surface area contributed by atoms with Crippen LogP contribution in [0.25, 0.3) is 33.9 Å². The molecule has 0 aliphatic rings. The molecule has 0 bridgehead atoms. The molecule has 4 heterocycles. The van der Waals surface area contributed by atoms with Gasteiger partial charge >= 0.3 is 0 Å². The van der Waals surface area contributed by atoms with Gasteiger partial charge in [0.05, 0.1) is 17.3 Å². The monoisotopic (exact) mass is 442 g/mol. The topological polar surface area (TPSA) is 88.0 Å². The van der Waals surface area contributed by atoms with Crippen molar-refractivity contribution in [2.45, 2.75) is 6.73 Å². The van der Waals surface area contributed by atoms with Crippen molar-refractivity contribution in [2.24, 2.45) is 0 Å². The van der Waals surface area contributed by atoms with Gasteiger partial charge in [0.15, 0.2) is 18.0 Å². The van der Waals surface area contributed by atoms with Crippen LogP contribution in [0.2, 0.25) is 5.02 Å². The number of para-hydroxylation sites is 1. The average Bonchev–Trinajstić information content (AvgIpc) is 3.56. The lowest BCUT2D eigenvalue weighted by atomic mass is 10.3. The summed E-state index contributed by atoms with van der Waals surface area (Å²) >= 11 is 5.93. The molecule has 9 nitrogen and oxygen atoms in total. The van der Waals surface area contributed by atoms with Gasteiger partial charge < -0.3 is 4.74 Å². The van der Waals surface area contributed by atoms with E-state index in [0.717, 1.165) is 16.8 Å². The van der Waals surface area contributed by atoms with E-state index in [9.17, 15) is 0 Å². The molecule has 0 saturated carbocycles. The fraction of sp³-hybridized carbons (Fsp3) is 0.0455. The van der Waals surface area contributed by atoms with Crippen molar-refractivity contribution in [1.29, 1.82) is 0 Å². The van der Waals surface area contributed by atoms with Crippen LogP contribution in [0.3, 0.4) is 0 Å². The van der Waals surface area contributed by atoms with Crippen molar-refractivity contribution in [3.8, 4) is 23.0 Å². The van der Waals surface area contributed by atoms with E-state index in [1.807, 2.05) is 48.5 Å². The summed E-state index contributed by atoms with van der Waals surface area (Å²) in [6.07, 6.45) is 5.08. The summed E-state index contributed by atoms with van der Waals surface area (Å²) in [5.41, 5.74) is 3.03. The summed E-state index contributed by atoms with van der Waals surface area (Å²) < 4.78 is 10.9. The lowest BCUT2D eigenvalue weighted by Crippen LogP contribution is -2.08. The molecule has 6 rings (SSSR count). The van der Waals surface area contributed by atoms with Crippen LogP contribution in [0.4, 0.5) is 0 Å².